The molecule has 1 saturated heterocycles. The van der Waals surface area contributed by atoms with Crippen LogP contribution in [0.1, 0.15) is 25.3 Å². The summed E-state index contributed by atoms with van der Waals surface area (Å²) < 4.78 is 0. The van der Waals surface area contributed by atoms with Crippen LogP contribution < -0.4 is 5.32 Å². The topological polar surface area (TPSA) is 133 Å². The number of nitrogens with zero attached hydrogens (tertiary/aromatic N) is 2. The maximum atomic E-state index is 12.1. The molecule has 1 aromatic rings. The zero-order valence-electron chi connectivity index (χ0n) is 12.5. The number of carbonyl (C=O) groups is 2. The molecule has 0 radical (unpaired) electrons. The van der Waals surface area contributed by atoms with Crippen molar-refractivity contribution in [2.24, 2.45) is 11.8 Å². The number of ketones is 1. The van der Waals surface area contributed by atoms with Gasteiger partial charge in [-0.25, -0.2) is 0 Å². The molecule has 1 amide bonds. The zero-order chi connectivity index (χ0) is 17.4. The van der Waals surface area contributed by atoms with E-state index in [0.717, 1.165) is 0 Å². The molecule has 120 valence electrons. The van der Waals surface area contributed by atoms with E-state index >= 15 is 0 Å². The van der Waals surface area contributed by atoms with Gasteiger partial charge in [0.05, 0.1) is 16.9 Å². The Morgan fingerprint density at radius 1 is 1.52 bits per heavy atom. The lowest BCUT2D eigenvalue weighted by molar-refractivity contribution is -0.385. The fourth-order valence-electron chi connectivity index (χ4n) is 3.13. The van der Waals surface area contributed by atoms with Crippen molar-refractivity contribution >= 4 is 17.4 Å². The van der Waals surface area contributed by atoms with Gasteiger partial charge in [0.1, 0.15) is 17.4 Å². The molecule has 4 atom stereocenters. The van der Waals surface area contributed by atoms with Crippen molar-refractivity contribution in [1.82, 2.24) is 5.32 Å². The molecule has 1 heterocycles. The molecule has 1 aliphatic heterocycles. The lowest BCUT2D eigenvalue weighted by atomic mass is 9.68. The smallest absolute Gasteiger partial charge is 0.269 e. The van der Waals surface area contributed by atoms with Gasteiger partial charge in [-0.3, -0.25) is 19.7 Å². The molecular formula is C15H15N3O5. The molecule has 1 aromatic carbocycles. The molecule has 0 aromatic heterocycles. The van der Waals surface area contributed by atoms with Crippen LogP contribution in [-0.2, 0) is 9.59 Å². The molecule has 1 fully saturated rings. The summed E-state index contributed by atoms with van der Waals surface area (Å²) in [7, 11) is 0. The van der Waals surface area contributed by atoms with E-state index < -0.39 is 40.1 Å². The SMILES string of the molecule is CC(=O)[C@@H]1[C@H](c2cccc([N+](=O)[O-])c2)[C@H](C#N)C(=O)N[C@@]1(C)O. The van der Waals surface area contributed by atoms with Crippen molar-refractivity contribution in [2.45, 2.75) is 25.5 Å². The normalized spacial score (nSPS) is 30.2. The average Bonchev–Trinajstić information content (AvgIpc) is 2.45. The van der Waals surface area contributed by atoms with Gasteiger partial charge in [0.2, 0.25) is 5.91 Å². The van der Waals surface area contributed by atoms with Crippen LogP contribution >= 0.6 is 0 Å². The van der Waals surface area contributed by atoms with E-state index in [4.69, 9.17) is 0 Å². The van der Waals surface area contributed by atoms with Gasteiger partial charge in [-0.15, -0.1) is 0 Å². The highest BCUT2D eigenvalue weighted by Crippen LogP contribution is 2.42. The molecule has 2 rings (SSSR count). The number of Topliss-reactive ketones (excluding diaryl/α,β-unsaturated/α-hetero) is 1. The highest BCUT2D eigenvalue weighted by atomic mass is 16.6. The number of nitro groups is 1. The van der Waals surface area contributed by atoms with Crippen molar-refractivity contribution in [2.75, 3.05) is 0 Å². The van der Waals surface area contributed by atoms with E-state index in [1.54, 1.807) is 0 Å². The van der Waals surface area contributed by atoms with Gasteiger partial charge in [0.15, 0.2) is 0 Å². The Morgan fingerprint density at radius 3 is 2.70 bits per heavy atom. The number of nitriles is 1. The zero-order valence-corrected chi connectivity index (χ0v) is 12.5. The van der Waals surface area contributed by atoms with E-state index in [1.165, 1.54) is 38.1 Å². The van der Waals surface area contributed by atoms with Crippen LogP contribution in [0.15, 0.2) is 24.3 Å². The number of non-ortho nitro benzene ring substituents is 1. The second-order valence-electron chi connectivity index (χ2n) is 5.71. The maximum Gasteiger partial charge on any atom is 0.269 e. The number of nitrogens with one attached hydrogen (secondary N) is 1. The fourth-order valence-corrected chi connectivity index (χ4v) is 3.13. The number of hydrogen-bond donors (Lipinski definition) is 2. The van der Waals surface area contributed by atoms with Gasteiger partial charge < -0.3 is 10.4 Å². The first-order valence-electron chi connectivity index (χ1n) is 6.88. The lowest BCUT2D eigenvalue weighted by Gasteiger charge is -2.43. The van der Waals surface area contributed by atoms with Crippen molar-refractivity contribution in [3.05, 3.63) is 39.9 Å². The minimum absolute atomic E-state index is 0.216. The van der Waals surface area contributed by atoms with Crippen LogP contribution in [-0.4, -0.2) is 27.4 Å². The van der Waals surface area contributed by atoms with Gasteiger partial charge >= 0.3 is 0 Å². The Balaban J connectivity index is 2.63. The molecule has 23 heavy (non-hydrogen) atoms. The molecule has 0 bridgehead atoms. The third-order valence-electron chi connectivity index (χ3n) is 4.03. The third-order valence-corrected chi connectivity index (χ3v) is 4.03. The van der Waals surface area contributed by atoms with Crippen LogP contribution in [0.4, 0.5) is 5.69 Å². The monoisotopic (exact) mass is 317 g/mol. The third kappa shape index (κ3) is 2.91. The van der Waals surface area contributed by atoms with Crippen LogP contribution in [0.3, 0.4) is 0 Å². The molecule has 8 heteroatoms. The van der Waals surface area contributed by atoms with Crippen molar-refractivity contribution in [1.29, 1.82) is 5.26 Å². The first-order valence-corrected chi connectivity index (χ1v) is 6.88. The number of benzene rings is 1. The highest BCUT2D eigenvalue weighted by Gasteiger charge is 2.52. The van der Waals surface area contributed by atoms with Crippen molar-refractivity contribution < 1.29 is 19.6 Å². The summed E-state index contributed by atoms with van der Waals surface area (Å²) in [5.41, 5.74) is -1.76. The minimum Gasteiger partial charge on any atom is -0.370 e. The number of carbonyl (C=O) groups excluding carboxylic acids is 2. The lowest BCUT2D eigenvalue weighted by Crippen LogP contribution is -2.62. The number of nitro benzene ring substituents is 1. The molecule has 0 unspecified atom stereocenters. The first-order chi connectivity index (χ1) is 10.7. The summed E-state index contributed by atoms with van der Waals surface area (Å²) in [6.07, 6.45) is 0. The number of piperidine rings is 1. The number of aliphatic hydroxyl groups is 1. The Bertz CT molecular complexity index is 722. The molecule has 2 N–H and O–H groups in total. The Hall–Kier alpha value is -2.79. The predicted octanol–water partition coefficient (Wildman–Crippen LogP) is 0.862. The minimum atomic E-state index is -1.84. The average molecular weight is 317 g/mol. The van der Waals surface area contributed by atoms with Gasteiger partial charge in [0, 0.05) is 18.1 Å². The summed E-state index contributed by atoms with van der Waals surface area (Å²) in [4.78, 5) is 34.4. The van der Waals surface area contributed by atoms with Crippen molar-refractivity contribution in [3.63, 3.8) is 0 Å². The van der Waals surface area contributed by atoms with Gasteiger partial charge in [-0.2, -0.15) is 5.26 Å². The van der Waals surface area contributed by atoms with Crippen LogP contribution in [0.5, 0.6) is 0 Å². The van der Waals surface area contributed by atoms with Crippen LogP contribution in [0.25, 0.3) is 0 Å². The van der Waals surface area contributed by atoms with Gasteiger partial charge in [-0.05, 0) is 19.4 Å². The summed E-state index contributed by atoms with van der Waals surface area (Å²) in [5.74, 6) is -4.43. The molecule has 0 aliphatic carbocycles. The van der Waals surface area contributed by atoms with E-state index in [9.17, 15) is 30.1 Å². The predicted molar refractivity (Wildman–Crippen MR) is 77.9 cm³/mol. The summed E-state index contributed by atoms with van der Waals surface area (Å²) in [5, 5.41) is 32.9. The number of amides is 1. The Kier molecular flexibility index (Phi) is 4.16. The Morgan fingerprint density at radius 2 is 2.17 bits per heavy atom. The largest absolute Gasteiger partial charge is 0.370 e. The summed E-state index contributed by atoms with van der Waals surface area (Å²) >= 11 is 0. The highest BCUT2D eigenvalue weighted by molar-refractivity contribution is 5.89. The number of hydrogen-bond acceptors (Lipinski definition) is 6. The fraction of sp³-hybridized carbons (Fsp3) is 0.400. The molecule has 1 aliphatic rings. The second-order valence-corrected chi connectivity index (χ2v) is 5.71. The van der Waals surface area contributed by atoms with Gasteiger partial charge in [0.25, 0.3) is 5.69 Å². The Labute approximate surface area is 131 Å². The summed E-state index contributed by atoms with van der Waals surface area (Å²) in [6, 6.07) is 7.25. The molecular weight excluding hydrogens is 302 g/mol. The van der Waals surface area contributed by atoms with Crippen LogP contribution in [0.2, 0.25) is 0 Å². The van der Waals surface area contributed by atoms with E-state index in [-0.39, 0.29) is 5.69 Å². The van der Waals surface area contributed by atoms with E-state index in [2.05, 4.69) is 5.32 Å². The van der Waals surface area contributed by atoms with E-state index in [0.29, 0.717) is 5.56 Å². The van der Waals surface area contributed by atoms with Crippen LogP contribution in [0, 0.1) is 33.3 Å². The maximum absolute atomic E-state index is 12.1. The summed E-state index contributed by atoms with van der Waals surface area (Å²) in [6.45, 7) is 2.52. The standard InChI is InChI=1S/C15H15N3O5/c1-8(19)13-12(9-4-3-5-10(6-9)18(22)23)11(7-16)14(20)17-15(13,2)21/h3-6,11-13,21H,1-2H3,(H,17,20)/t11-,12+,13+,15-/m0/s1. The second kappa shape index (κ2) is 5.78. The molecule has 8 nitrogen and oxygen atoms in total. The van der Waals surface area contributed by atoms with Gasteiger partial charge in [-0.1, -0.05) is 12.1 Å². The van der Waals surface area contributed by atoms with Crippen molar-refractivity contribution in [3.8, 4) is 6.07 Å². The molecule has 0 spiro atoms. The first kappa shape index (κ1) is 16.6. The number of rotatable bonds is 3. The quantitative estimate of drug-likeness (QED) is 0.627. The molecule has 0 saturated carbocycles. The van der Waals surface area contributed by atoms with E-state index in [1.807, 2.05) is 6.07 Å².